The molecule has 1 fully saturated rings. The first-order chi connectivity index (χ1) is 18.3. The minimum absolute atomic E-state index is 0.0269. The molecule has 0 bridgehead atoms. The number of nitrogens with one attached hydrogen (secondary N) is 1. The predicted molar refractivity (Wildman–Crippen MR) is 149 cm³/mol. The lowest BCUT2D eigenvalue weighted by atomic mass is 10.0. The Kier molecular flexibility index (Phi) is 8.76. The second kappa shape index (κ2) is 12.2. The van der Waals surface area contributed by atoms with Crippen LogP contribution in [0.25, 0.3) is 11.1 Å². The fraction of sp³-hybridized carbons (Fsp3) is 0.333. The molecule has 2 heterocycles. The molecule has 7 nitrogen and oxygen atoms in total. The van der Waals surface area contributed by atoms with Gasteiger partial charge in [-0.2, -0.15) is 0 Å². The molecule has 0 saturated carbocycles. The zero-order valence-corrected chi connectivity index (χ0v) is 22.3. The normalized spacial score (nSPS) is 13.9. The van der Waals surface area contributed by atoms with Gasteiger partial charge in [-0.3, -0.25) is 14.5 Å². The molecular weight excluding hydrogens is 483 g/mol. The quantitative estimate of drug-likeness (QED) is 0.238. The number of halogens is 1. The van der Waals surface area contributed by atoms with E-state index < -0.39 is 17.5 Å². The van der Waals surface area contributed by atoms with Gasteiger partial charge in [-0.1, -0.05) is 42.5 Å². The smallest absolute Gasteiger partial charge is 0.298 e. The number of amides is 1. The van der Waals surface area contributed by atoms with E-state index in [4.69, 9.17) is 4.74 Å². The molecule has 0 radical (unpaired) electrons. The molecule has 200 valence electrons. The summed E-state index contributed by atoms with van der Waals surface area (Å²) in [4.78, 5) is 31.0. The van der Waals surface area contributed by atoms with Gasteiger partial charge in [0.2, 0.25) is 0 Å². The molecule has 3 aromatic rings. The number of anilines is 2. The average Bonchev–Trinajstić information content (AvgIpc) is 3.24. The summed E-state index contributed by atoms with van der Waals surface area (Å²) in [6.07, 6.45) is 0. The van der Waals surface area contributed by atoms with Gasteiger partial charge in [0.1, 0.15) is 11.5 Å². The maximum absolute atomic E-state index is 15.1. The Balaban J connectivity index is 1.52. The number of aryl methyl sites for hydroxylation is 1. The highest BCUT2D eigenvalue weighted by Crippen LogP contribution is 2.29. The minimum Gasteiger partial charge on any atom is -0.383 e. The largest absolute Gasteiger partial charge is 0.383 e. The Labute approximate surface area is 223 Å². The van der Waals surface area contributed by atoms with Gasteiger partial charge < -0.3 is 19.5 Å². The number of rotatable bonds is 10. The van der Waals surface area contributed by atoms with Crippen LogP contribution in [0, 0.1) is 12.7 Å². The number of carbonyl (C=O) groups is 2. The lowest BCUT2D eigenvalue weighted by Gasteiger charge is -2.36. The number of methoxy groups -OCH3 is 1. The van der Waals surface area contributed by atoms with E-state index in [1.165, 1.54) is 12.1 Å². The summed E-state index contributed by atoms with van der Waals surface area (Å²) in [5, 5.41) is 2.49. The number of aromatic nitrogens is 1. The highest BCUT2D eigenvalue weighted by Gasteiger charge is 2.27. The predicted octanol–water partition coefficient (Wildman–Crippen LogP) is 4.77. The second-order valence-corrected chi connectivity index (χ2v) is 9.73. The fourth-order valence-electron chi connectivity index (χ4n) is 4.86. The lowest BCUT2D eigenvalue weighted by Crippen LogP contribution is -2.46. The van der Waals surface area contributed by atoms with Gasteiger partial charge in [0.25, 0.3) is 11.7 Å². The van der Waals surface area contributed by atoms with E-state index in [1.807, 2.05) is 50.2 Å². The zero-order chi connectivity index (χ0) is 27.2. The standard InChI is InChI=1S/C30H35FN4O3/c1-21(2)20-33-12-14-34(15-13-33)24-10-11-27(26(31)19-24)32-30(37)29(36)28-25(23-8-6-5-7-9-23)18-22(3)35(28)16-17-38-4/h5-11,18-19H,1,12-17,20H2,2-4H3,(H,32,37). The lowest BCUT2D eigenvalue weighted by molar-refractivity contribution is -0.112. The maximum atomic E-state index is 15.1. The average molecular weight is 519 g/mol. The van der Waals surface area contributed by atoms with Crippen LogP contribution in [-0.2, 0) is 16.1 Å². The Bertz CT molecular complexity index is 1310. The third kappa shape index (κ3) is 6.20. The van der Waals surface area contributed by atoms with E-state index in [-0.39, 0.29) is 11.4 Å². The van der Waals surface area contributed by atoms with E-state index in [0.717, 1.165) is 55.2 Å². The van der Waals surface area contributed by atoms with Crippen molar-refractivity contribution in [1.29, 1.82) is 0 Å². The summed E-state index contributed by atoms with van der Waals surface area (Å²) in [5.41, 5.74) is 4.40. The second-order valence-electron chi connectivity index (χ2n) is 9.73. The van der Waals surface area contributed by atoms with Gasteiger partial charge in [-0.05, 0) is 43.7 Å². The number of benzene rings is 2. The number of hydrogen-bond acceptors (Lipinski definition) is 5. The molecule has 1 saturated heterocycles. The van der Waals surface area contributed by atoms with Gasteiger partial charge in [-0.25, -0.2) is 4.39 Å². The highest BCUT2D eigenvalue weighted by atomic mass is 19.1. The van der Waals surface area contributed by atoms with E-state index in [2.05, 4.69) is 21.7 Å². The van der Waals surface area contributed by atoms with E-state index in [1.54, 1.807) is 17.7 Å². The van der Waals surface area contributed by atoms with Gasteiger partial charge >= 0.3 is 0 Å². The molecule has 1 aromatic heterocycles. The summed E-state index contributed by atoms with van der Waals surface area (Å²) in [6.45, 7) is 12.8. The van der Waals surface area contributed by atoms with E-state index >= 15 is 4.39 Å². The summed E-state index contributed by atoms with van der Waals surface area (Å²) in [5.74, 6) is -2.20. The zero-order valence-electron chi connectivity index (χ0n) is 22.3. The Morgan fingerprint density at radius 3 is 2.39 bits per heavy atom. The fourth-order valence-corrected chi connectivity index (χ4v) is 4.86. The molecule has 38 heavy (non-hydrogen) atoms. The third-order valence-electron chi connectivity index (χ3n) is 6.76. The molecular formula is C30H35FN4O3. The summed E-state index contributed by atoms with van der Waals surface area (Å²) >= 11 is 0. The topological polar surface area (TPSA) is 66.8 Å². The van der Waals surface area contributed by atoms with Crippen molar-refractivity contribution in [3.05, 3.63) is 84.0 Å². The van der Waals surface area contributed by atoms with Gasteiger partial charge in [0.15, 0.2) is 0 Å². The molecule has 1 N–H and O–H groups in total. The number of ether oxygens (including phenoxy) is 1. The molecule has 0 unspecified atom stereocenters. The van der Waals surface area contributed by atoms with Crippen molar-refractivity contribution in [3.63, 3.8) is 0 Å². The molecule has 2 aromatic carbocycles. The maximum Gasteiger partial charge on any atom is 0.298 e. The van der Waals surface area contributed by atoms with Crippen molar-refractivity contribution in [2.24, 2.45) is 0 Å². The molecule has 1 aliphatic heterocycles. The van der Waals surface area contributed by atoms with Gasteiger partial charge in [0.05, 0.1) is 12.3 Å². The van der Waals surface area contributed by atoms with E-state index in [0.29, 0.717) is 18.7 Å². The monoisotopic (exact) mass is 518 g/mol. The van der Waals surface area contributed by atoms with Crippen LogP contribution in [0.5, 0.6) is 0 Å². The minimum atomic E-state index is -0.890. The van der Waals surface area contributed by atoms with Crippen molar-refractivity contribution < 1.29 is 18.7 Å². The Morgan fingerprint density at radius 1 is 1.05 bits per heavy atom. The summed E-state index contributed by atoms with van der Waals surface area (Å²) in [6, 6.07) is 16.0. The molecule has 1 amide bonds. The van der Waals surface area contributed by atoms with Crippen LogP contribution in [0.2, 0.25) is 0 Å². The highest BCUT2D eigenvalue weighted by molar-refractivity contribution is 6.47. The Morgan fingerprint density at radius 2 is 1.76 bits per heavy atom. The van der Waals surface area contributed by atoms with Crippen LogP contribution in [0.3, 0.4) is 0 Å². The summed E-state index contributed by atoms with van der Waals surface area (Å²) < 4.78 is 22.1. The van der Waals surface area contributed by atoms with Crippen molar-refractivity contribution in [2.75, 3.05) is 56.7 Å². The first kappa shape index (κ1) is 27.3. The van der Waals surface area contributed by atoms with Gasteiger partial charge in [0, 0.05) is 63.3 Å². The Hall–Kier alpha value is -3.75. The molecule has 0 aliphatic carbocycles. The van der Waals surface area contributed by atoms with Crippen LogP contribution in [0.4, 0.5) is 15.8 Å². The van der Waals surface area contributed by atoms with Crippen LogP contribution >= 0.6 is 0 Å². The number of hydrogen-bond donors (Lipinski definition) is 1. The van der Waals surface area contributed by atoms with Gasteiger partial charge in [-0.15, -0.1) is 0 Å². The number of ketones is 1. The SMILES string of the molecule is C=C(C)CN1CCN(c2ccc(NC(=O)C(=O)c3c(-c4ccccc4)cc(C)n3CCOC)c(F)c2)CC1. The first-order valence-corrected chi connectivity index (χ1v) is 12.8. The molecule has 8 heteroatoms. The van der Waals surface area contributed by atoms with Crippen molar-refractivity contribution in [2.45, 2.75) is 20.4 Å². The number of nitrogens with zero attached hydrogens (tertiary/aromatic N) is 3. The van der Waals surface area contributed by atoms with Crippen LogP contribution in [0.1, 0.15) is 23.1 Å². The first-order valence-electron chi connectivity index (χ1n) is 12.8. The van der Waals surface area contributed by atoms with Crippen LogP contribution in [0.15, 0.2) is 66.7 Å². The molecule has 0 atom stereocenters. The summed E-state index contributed by atoms with van der Waals surface area (Å²) in [7, 11) is 1.58. The number of piperazine rings is 1. The number of Topliss-reactive ketones (excluding diaryl/α,β-unsaturated/α-hetero) is 1. The number of carbonyl (C=O) groups excluding carboxylic acids is 2. The molecule has 1 aliphatic rings. The van der Waals surface area contributed by atoms with Crippen molar-refractivity contribution in [3.8, 4) is 11.1 Å². The van der Waals surface area contributed by atoms with Crippen molar-refractivity contribution in [1.82, 2.24) is 9.47 Å². The third-order valence-corrected chi connectivity index (χ3v) is 6.76. The van der Waals surface area contributed by atoms with Crippen molar-refractivity contribution >= 4 is 23.1 Å². The van der Waals surface area contributed by atoms with E-state index in [9.17, 15) is 9.59 Å². The van der Waals surface area contributed by atoms with Crippen LogP contribution < -0.4 is 10.2 Å². The molecule has 4 rings (SSSR count). The van der Waals surface area contributed by atoms with Crippen LogP contribution in [-0.4, -0.2) is 67.6 Å². The molecule has 0 spiro atoms.